The molecule has 18 heavy (non-hydrogen) atoms. The first-order valence-corrected chi connectivity index (χ1v) is 7.02. The Bertz CT molecular complexity index is 460. The van der Waals surface area contributed by atoms with E-state index in [-0.39, 0.29) is 0 Å². The first-order chi connectivity index (χ1) is 8.72. The molecule has 1 aromatic carbocycles. The lowest BCUT2D eigenvalue weighted by molar-refractivity contribution is -0.153. The predicted molar refractivity (Wildman–Crippen MR) is 70.5 cm³/mol. The molecule has 1 fully saturated rings. The lowest BCUT2D eigenvalue weighted by atomic mass is 9.63. The van der Waals surface area contributed by atoms with Crippen LogP contribution in [0.25, 0.3) is 0 Å². The molecule has 0 aromatic heterocycles. The van der Waals surface area contributed by atoms with Gasteiger partial charge in [0.2, 0.25) is 0 Å². The highest BCUT2D eigenvalue weighted by Gasteiger charge is 2.48. The Morgan fingerprint density at radius 1 is 1.17 bits per heavy atom. The average molecular weight is 244 g/mol. The minimum Gasteiger partial charge on any atom is -0.481 e. The van der Waals surface area contributed by atoms with E-state index in [1.807, 2.05) is 6.07 Å². The molecule has 0 saturated heterocycles. The van der Waals surface area contributed by atoms with Crippen LogP contribution in [-0.2, 0) is 17.6 Å². The molecule has 1 aromatic rings. The number of hydrogen-bond acceptors (Lipinski definition) is 1. The van der Waals surface area contributed by atoms with Crippen LogP contribution in [0.1, 0.15) is 43.2 Å². The fourth-order valence-electron chi connectivity index (χ4n) is 3.94. The lowest BCUT2D eigenvalue weighted by Crippen LogP contribution is -2.42. The van der Waals surface area contributed by atoms with Crippen LogP contribution in [0.15, 0.2) is 24.3 Å². The number of hydrogen-bond donors (Lipinski definition) is 1. The normalized spacial score (nSPS) is 28.0. The Labute approximate surface area is 108 Å². The highest BCUT2D eigenvalue weighted by atomic mass is 16.4. The number of carbonyl (C=O) groups is 1. The van der Waals surface area contributed by atoms with Gasteiger partial charge in [-0.05, 0) is 49.1 Å². The predicted octanol–water partition coefficient (Wildman–Crippen LogP) is 3.44. The van der Waals surface area contributed by atoms with Crippen LogP contribution in [0.5, 0.6) is 0 Å². The van der Waals surface area contributed by atoms with Crippen LogP contribution in [0.3, 0.4) is 0 Å². The summed E-state index contributed by atoms with van der Waals surface area (Å²) >= 11 is 0. The van der Waals surface area contributed by atoms with E-state index in [2.05, 4.69) is 18.2 Å². The monoisotopic (exact) mass is 244 g/mol. The van der Waals surface area contributed by atoms with Crippen molar-refractivity contribution in [3.8, 4) is 0 Å². The zero-order chi connectivity index (χ0) is 12.6. The summed E-state index contributed by atoms with van der Waals surface area (Å²) in [5, 5.41) is 9.77. The molecule has 2 aliphatic rings. The summed E-state index contributed by atoms with van der Waals surface area (Å²) in [6.07, 6.45) is 7.12. The molecule has 0 bridgehead atoms. The molecule has 1 unspecified atom stereocenters. The smallest absolute Gasteiger partial charge is 0.310 e. The SMILES string of the molecule is O=C(O)C1(C2CCCC2)CCc2ccccc2C1. The summed E-state index contributed by atoms with van der Waals surface area (Å²) in [6, 6.07) is 8.35. The maximum absolute atomic E-state index is 11.9. The van der Waals surface area contributed by atoms with Gasteiger partial charge in [-0.25, -0.2) is 0 Å². The van der Waals surface area contributed by atoms with E-state index in [1.54, 1.807) is 0 Å². The standard InChI is InChI=1S/C16H20O2/c17-15(18)16(14-7-3-4-8-14)10-9-12-5-1-2-6-13(12)11-16/h1-2,5-6,14H,3-4,7-11H2,(H,17,18). The molecule has 1 N–H and O–H groups in total. The van der Waals surface area contributed by atoms with Gasteiger partial charge < -0.3 is 5.11 Å². The van der Waals surface area contributed by atoms with Crippen molar-refractivity contribution >= 4 is 5.97 Å². The van der Waals surface area contributed by atoms with Crippen molar-refractivity contribution in [3.05, 3.63) is 35.4 Å². The second kappa shape index (κ2) is 4.42. The molecule has 0 heterocycles. The van der Waals surface area contributed by atoms with Gasteiger partial charge in [-0.15, -0.1) is 0 Å². The first kappa shape index (κ1) is 11.8. The molecule has 2 aliphatic carbocycles. The quantitative estimate of drug-likeness (QED) is 0.865. The van der Waals surface area contributed by atoms with Gasteiger partial charge in [0.1, 0.15) is 0 Å². The van der Waals surface area contributed by atoms with Gasteiger partial charge in [0.15, 0.2) is 0 Å². The molecular formula is C16H20O2. The highest BCUT2D eigenvalue weighted by molar-refractivity contribution is 5.76. The summed E-state index contributed by atoms with van der Waals surface area (Å²) in [5.74, 6) is -0.174. The van der Waals surface area contributed by atoms with Crippen LogP contribution >= 0.6 is 0 Å². The second-order valence-electron chi connectivity index (χ2n) is 5.89. The van der Waals surface area contributed by atoms with E-state index >= 15 is 0 Å². The van der Waals surface area contributed by atoms with E-state index in [4.69, 9.17) is 0 Å². The maximum atomic E-state index is 11.9. The molecule has 2 heteroatoms. The van der Waals surface area contributed by atoms with Crippen molar-refractivity contribution in [2.45, 2.75) is 44.9 Å². The Morgan fingerprint density at radius 3 is 2.50 bits per heavy atom. The van der Waals surface area contributed by atoms with Gasteiger partial charge in [0, 0.05) is 0 Å². The van der Waals surface area contributed by atoms with Crippen molar-refractivity contribution in [1.82, 2.24) is 0 Å². The zero-order valence-electron chi connectivity index (χ0n) is 10.7. The molecular weight excluding hydrogens is 224 g/mol. The third-order valence-corrected chi connectivity index (χ3v) is 5.03. The Hall–Kier alpha value is -1.31. The van der Waals surface area contributed by atoms with Gasteiger partial charge in [-0.1, -0.05) is 37.1 Å². The molecule has 1 atom stereocenters. The van der Waals surface area contributed by atoms with Gasteiger partial charge in [0.05, 0.1) is 5.41 Å². The summed E-state index contributed by atoms with van der Waals surface area (Å²) in [5.41, 5.74) is 2.13. The molecule has 0 amide bonds. The minimum atomic E-state index is -0.566. The number of carboxylic acid groups (broad SMARTS) is 1. The largest absolute Gasteiger partial charge is 0.481 e. The van der Waals surface area contributed by atoms with E-state index < -0.39 is 11.4 Å². The van der Waals surface area contributed by atoms with E-state index in [9.17, 15) is 9.90 Å². The Kier molecular flexibility index (Phi) is 2.89. The average Bonchev–Trinajstić information content (AvgIpc) is 2.92. The van der Waals surface area contributed by atoms with Crippen molar-refractivity contribution in [2.24, 2.45) is 11.3 Å². The summed E-state index contributed by atoms with van der Waals surface area (Å²) in [7, 11) is 0. The number of aryl methyl sites for hydroxylation is 1. The fraction of sp³-hybridized carbons (Fsp3) is 0.562. The van der Waals surface area contributed by atoms with Gasteiger partial charge in [-0.2, -0.15) is 0 Å². The number of fused-ring (bicyclic) bond motifs is 1. The van der Waals surface area contributed by atoms with Crippen LogP contribution in [0.4, 0.5) is 0 Å². The fourth-order valence-corrected chi connectivity index (χ4v) is 3.94. The van der Waals surface area contributed by atoms with Crippen LogP contribution in [0, 0.1) is 11.3 Å². The van der Waals surface area contributed by atoms with Crippen LogP contribution < -0.4 is 0 Å². The summed E-state index contributed by atoms with van der Waals surface area (Å²) < 4.78 is 0. The Balaban J connectivity index is 1.96. The molecule has 96 valence electrons. The molecule has 2 nitrogen and oxygen atoms in total. The summed E-state index contributed by atoms with van der Waals surface area (Å²) in [4.78, 5) is 11.9. The third kappa shape index (κ3) is 1.75. The van der Waals surface area contributed by atoms with Crippen molar-refractivity contribution < 1.29 is 9.90 Å². The number of aliphatic carboxylic acids is 1. The van der Waals surface area contributed by atoms with E-state index in [1.165, 1.54) is 24.0 Å². The minimum absolute atomic E-state index is 0.392. The molecule has 0 radical (unpaired) electrons. The Morgan fingerprint density at radius 2 is 1.83 bits per heavy atom. The van der Waals surface area contributed by atoms with Crippen LogP contribution in [0.2, 0.25) is 0 Å². The van der Waals surface area contributed by atoms with Gasteiger partial charge >= 0.3 is 5.97 Å². The van der Waals surface area contributed by atoms with Crippen LogP contribution in [-0.4, -0.2) is 11.1 Å². The van der Waals surface area contributed by atoms with Crippen molar-refractivity contribution in [2.75, 3.05) is 0 Å². The van der Waals surface area contributed by atoms with Gasteiger partial charge in [-0.3, -0.25) is 4.79 Å². The molecule has 1 saturated carbocycles. The molecule has 0 spiro atoms. The molecule has 3 rings (SSSR count). The van der Waals surface area contributed by atoms with Crippen molar-refractivity contribution in [3.63, 3.8) is 0 Å². The molecule has 0 aliphatic heterocycles. The number of benzene rings is 1. The number of rotatable bonds is 2. The zero-order valence-corrected chi connectivity index (χ0v) is 10.7. The highest BCUT2D eigenvalue weighted by Crippen LogP contribution is 2.48. The van der Waals surface area contributed by atoms with Gasteiger partial charge in [0.25, 0.3) is 0 Å². The lowest BCUT2D eigenvalue weighted by Gasteiger charge is -2.39. The number of carboxylic acids is 1. The first-order valence-electron chi connectivity index (χ1n) is 7.02. The third-order valence-electron chi connectivity index (χ3n) is 5.03. The topological polar surface area (TPSA) is 37.3 Å². The summed E-state index contributed by atoms with van der Waals surface area (Å²) in [6.45, 7) is 0. The van der Waals surface area contributed by atoms with E-state index in [0.29, 0.717) is 5.92 Å². The van der Waals surface area contributed by atoms with E-state index in [0.717, 1.165) is 32.1 Å². The maximum Gasteiger partial charge on any atom is 0.310 e. The van der Waals surface area contributed by atoms with Crippen molar-refractivity contribution in [1.29, 1.82) is 0 Å². The second-order valence-corrected chi connectivity index (χ2v) is 5.89.